The van der Waals surface area contributed by atoms with Crippen molar-refractivity contribution in [2.24, 2.45) is 0 Å². The van der Waals surface area contributed by atoms with Crippen molar-refractivity contribution < 1.29 is 28.0 Å². The van der Waals surface area contributed by atoms with Gasteiger partial charge < -0.3 is 14.9 Å². The number of halogens is 2. The number of nitrogens with one attached hydrogen (secondary N) is 1. The third-order valence-electron chi connectivity index (χ3n) is 7.37. The second kappa shape index (κ2) is 10.9. The van der Waals surface area contributed by atoms with Crippen molar-refractivity contribution in [2.45, 2.75) is 19.4 Å². The van der Waals surface area contributed by atoms with Crippen molar-refractivity contribution in [1.82, 2.24) is 10.5 Å². The number of aromatic carboxylic acids is 1. The molecule has 1 aromatic heterocycles. The van der Waals surface area contributed by atoms with E-state index < -0.39 is 17.9 Å². The molecule has 6 aromatic rings. The Morgan fingerprint density at radius 1 is 0.905 bits per heavy atom. The Kier molecular flexibility index (Phi) is 6.96. The summed E-state index contributed by atoms with van der Waals surface area (Å²) in [6.07, 6.45) is 0.0650. The first-order valence-electron chi connectivity index (χ1n) is 13.3. The fraction of sp³-hybridized carbons (Fsp3) is 0.0882. The number of carboxylic acids is 1. The zero-order chi connectivity index (χ0) is 29.4. The lowest BCUT2D eigenvalue weighted by molar-refractivity contribution is 0.0696. The number of rotatable bonds is 7. The van der Waals surface area contributed by atoms with Gasteiger partial charge in [0.05, 0.1) is 22.6 Å². The van der Waals surface area contributed by atoms with E-state index in [1.54, 1.807) is 61.5 Å². The third kappa shape index (κ3) is 5.10. The maximum atomic E-state index is 15.5. The lowest BCUT2D eigenvalue weighted by Crippen LogP contribution is -2.27. The van der Waals surface area contributed by atoms with Crippen LogP contribution in [0.1, 0.15) is 50.6 Å². The summed E-state index contributed by atoms with van der Waals surface area (Å²) in [7, 11) is 0. The second-order valence-corrected chi connectivity index (χ2v) is 10.1. The maximum absolute atomic E-state index is 15.5. The quantitative estimate of drug-likeness (QED) is 0.208. The third-order valence-corrected chi connectivity index (χ3v) is 7.37. The van der Waals surface area contributed by atoms with E-state index >= 15 is 4.39 Å². The number of benzene rings is 5. The van der Waals surface area contributed by atoms with Crippen molar-refractivity contribution >= 4 is 33.6 Å². The molecule has 0 aliphatic heterocycles. The van der Waals surface area contributed by atoms with Gasteiger partial charge in [-0.2, -0.15) is 0 Å². The van der Waals surface area contributed by atoms with Crippen LogP contribution in [-0.2, 0) is 6.42 Å². The van der Waals surface area contributed by atoms with E-state index in [2.05, 4.69) is 10.5 Å². The van der Waals surface area contributed by atoms with Crippen LogP contribution in [0.3, 0.4) is 0 Å². The molecule has 6 nitrogen and oxygen atoms in total. The topological polar surface area (TPSA) is 92.4 Å². The fourth-order valence-corrected chi connectivity index (χ4v) is 5.11. The van der Waals surface area contributed by atoms with E-state index in [0.29, 0.717) is 44.3 Å². The van der Waals surface area contributed by atoms with E-state index in [-0.39, 0.29) is 29.2 Å². The number of nitrogens with zero attached hydrogens (tertiary/aromatic N) is 1. The summed E-state index contributed by atoms with van der Waals surface area (Å²) >= 11 is 0. The number of amides is 1. The Hall–Kier alpha value is -5.37. The highest BCUT2D eigenvalue weighted by atomic mass is 19.1. The van der Waals surface area contributed by atoms with Gasteiger partial charge in [-0.3, -0.25) is 4.79 Å². The summed E-state index contributed by atoms with van der Waals surface area (Å²) in [5, 5.41) is 18.1. The Morgan fingerprint density at radius 2 is 1.64 bits per heavy atom. The van der Waals surface area contributed by atoms with Gasteiger partial charge in [0, 0.05) is 11.8 Å². The molecule has 0 saturated carbocycles. The van der Waals surface area contributed by atoms with Crippen LogP contribution in [0, 0.1) is 11.6 Å². The molecule has 0 bridgehead atoms. The molecule has 0 fully saturated rings. The standard InChI is InChI=1S/C34H24F2N2O4/c1-19(20-6-9-23(10-7-20)34(40)41)37-33(39)28-16-25(21-12-14-26(35)15-13-21)17-29-31(28)30(42-38-29)18-24-11-8-22-4-2-3-5-27(22)32(24)36/h2-17,19H,18H2,1H3,(H,37,39)(H,40,41)/t19-/m0/s1. The van der Waals surface area contributed by atoms with Crippen LogP contribution in [0.25, 0.3) is 32.8 Å². The molecule has 0 aliphatic carbocycles. The first-order chi connectivity index (χ1) is 20.3. The fourth-order valence-electron chi connectivity index (χ4n) is 5.11. The minimum atomic E-state index is -1.04. The van der Waals surface area contributed by atoms with Gasteiger partial charge in [-0.25, -0.2) is 13.6 Å². The molecular weight excluding hydrogens is 538 g/mol. The first-order valence-corrected chi connectivity index (χ1v) is 13.3. The molecule has 5 aromatic carbocycles. The highest BCUT2D eigenvalue weighted by Crippen LogP contribution is 2.33. The number of carboxylic acid groups (broad SMARTS) is 1. The van der Waals surface area contributed by atoms with E-state index in [0.717, 1.165) is 5.39 Å². The number of fused-ring (bicyclic) bond motifs is 2. The molecule has 6 rings (SSSR count). The summed E-state index contributed by atoms with van der Waals surface area (Å²) in [5.41, 5.74) is 3.21. The molecular formula is C34H24F2N2O4. The SMILES string of the molecule is C[C@H](NC(=O)c1cc(-c2ccc(F)cc2)cc2noc(Cc3ccc4ccccc4c3F)c12)c1ccc(C(=O)O)cc1. The summed E-state index contributed by atoms with van der Waals surface area (Å²) in [5.74, 6) is -1.90. The molecule has 42 heavy (non-hydrogen) atoms. The Bertz CT molecular complexity index is 1970. The van der Waals surface area contributed by atoms with Gasteiger partial charge in [0.25, 0.3) is 5.91 Å². The molecule has 2 N–H and O–H groups in total. The molecule has 8 heteroatoms. The van der Waals surface area contributed by atoms with Gasteiger partial charge in [-0.05, 0) is 71.0 Å². The maximum Gasteiger partial charge on any atom is 0.335 e. The van der Waals surface area contributed by atoms with Gasteiger partial charge in [0.15, 0.2) is 0 Å². The molecule has 0 spiro atoms. The smallest absolute Gasteiger partial charge is 0.335 e. The minimum absolute atomic E-state index is 0.0650. The van der Waals surface area contributed by atoms with Crippen LogP contribution in [0.4, 0.5) is 8.78 Å². The van der Waals surface area contributed by atoms with Gasteiger partial charge in [-0.15, -0.1) is 0 Å². The van der Waals surface area contributed by atoms with Crippen LogP contribution in [0.5, 0.6) is 0 Å². The largest absolute Gasteiger partial charge is 0.478 e. The van der Waals surface area contributed by atoms with Crippen molar-refractivity contribution in [1.29, 1.82) is 0 Å². The minimum Gasteiger partial charge on any atom is -0.478 e. The van der Waals surface area contributed by atoms with Crippen LogP contribution >= 0.6 is 0 Å². The molecule has 208 valence electrons. The molecule has 0 aliphatic rings. The summed E-state index contributed by atoms with van der Waals surface area (Å²) in [4.78, 5) is 25.0. The first kappa shape index (κ1) is 26.8. The average Bonchev–Trinajstić information content (AvgIpc) is 3.41. The number of carbonyl (C=O) groups excluding carboxylic acids is 1. The monoisotopic (exact) mass is 562 g/mol. The van der Waals surface area contributed by atoms with Gasteiger partial charge in [0.1, 0.15) is 22.9 Å². The predicted molar refractivity (Wildman–Crippen MR) is 155 cm³/mol. The van der Waals surface area contributed by atoms with Gasteiger partial charge in [-0.1, -0.05) is 65.8 Å². The summed E-state index contributed by atoms with van der Waals surface area (Å²) in [6.45, 7) is 1.79. The lowest BCUT2D eigenvalue weighted by atomic mass is 9.96. The number of hydrogen-bond donors (Lipinski definition) is 2. The zero-order valence-electron chi connectivity index (χ0n) is 22.4. The van der Waals surface area contributed by atoms with Crippen molar-refractivity contribution in [3.63, 3.8) is 0 Å². The highest BCUT2D eigenvalue weighted by molar-refractivity contribution is 6.09. The summed E-state index contributed by atoms with van der Waals surface area (Å²) < 4.78 is 34.8. The lowest BCUT2D eigenvalue weighted by Gasteiger charge is -2.16. The molecule has 1 atom stereocenters. The Balaban J connectivity index is 1.41. The predicted octanol–water partition coefficient (Wildman–Crippen LogP) is 7.71. The molecule has 0 radical (unpaired) electrons. The van der Waals surface area contributed by atoms with Crippen LogP contribution < -0.4 is 5.32 Å². The molecule has 1 heterocycles. The normalized spacial score (nSPS) is 12.0. The average molecular weight is 563 g/mol. The zero-order valence-corrected chi connectivity index (χ0v) is 22.4. The Morgan fingerprint density at radius 3 is 2.38 bits per heavy atom. The van der Waals surface area contributed by atoms with Crippen molar-refractivity contribution in [3.8, 4) is 11.1 Å². The number of hydrogen-bond acceptors (Lipinski definition) is 4. The van der Waals surface area contributed by atoms with E-state index in [4.69, 9.17) is 4.52 Å². The molecule has 0 unspecified atom stereocenters. The van der Waals surface area contributed by atoms with E-state index in [1.807, 2.05) is 18.2 Å². The van der Waals surface area contributed by atoms with Gasteiger partial charge >= 0.3 is 5.97 Å². The second-order valence-electron chi connectivity index (χ2n) is 10.1. The van der Waals surface area contributed by atoms with Crippen LogP contribution in [-0.4, -0.2) is 22.1 Å². The molecule has 0 saturated heterocycles. The highest BCUT2D eigenvalue weighted by Gasteiger charge is 2.23. The molecule has 1 amide bonds. The summed E-state index contributed by atoms with van der Waals surface area (Å²) in [6, 6.07) is 25.8. The number of aromatic nitrogens is 1. The van der Waals surface area contributed by atoms with E-state index in [1.165, 1.54) is 24.3 Å². The van der Waals surface area contributed by atoms with Crippen molar-refractivity contribution in [2.75, 3.05) is 0 Å². The van der Waals surface area contributed by atoms with Crippen LogP contribution in [0.15, 0.2) is 102 Å². The number of carbonyl (C=O) groups is 2. The van der Waals surface area contributed by atoms with Crippen LogP contribution in [0.2, 0.25) is 0 Å². The van der Waals surface area contributed by atoms with Gasteiger partial charge in [0.2, 0.25) is 0 Å². The van der Waals surface area contributed by atoms with E-state index in [9.17, 15) is 19.1 Å². The van der Waals surface area contributed by atoms with Crippen molar-refractivity contribution in [3.05, 3.63) is 137 Å². The Labute approximate surface area is 239 Å².